The van der Waals surface area contributed by atoms with E-state index in [-0.39, 0.29) is 11.9 Å². The van der Waals surface area contributed by atoms with Crippen LogP contribution in [-0.2, 0) is 11.2 Å². The Bertz CT molecular complexity index is 652. The molecule has 3 heteroatoms. The molecule has 0 N–H and O–H groups in total. The zero-order valence-corrected chi connectivity index (χ0v) is 12.4. The molecule has 2 aromatic rings. The second-order valence-corrected chi connectivity index (χ2v) is 5.51. The van der Waals surface area contributed by atoms with Crippen molar-refractivity contribution in [2.24, 2.45) is 0 Å². The standard InChI is InChI=1S/C18H19NO2/c1-13-8-9-18-17(10-13)19(14(2)20)16(12-21-18)11-15-6-4-3-5-7-15/h3-10,16H,11-12H2,1-2H3/t16-/m0/s1. The first kappa shape index (κ1) is 13.7. The number of hydrogen-bond acceptors (Lipinski definition) is 2. The molecule has 1 aliphatic rings. The Labute approximate surface area is 125 Å². The lowest BCUT2D eigenvalue weighted by atomic mass is 10.0. The van der Waals surface area contributed by atoms with Gasteiger partial charge in [0.25, 0.3) is 0 Å². The summed E-state index contributed by atoms with van der Waals surface area (Å²) in [5.74, 6) is 0.853. The van der Waals surface area contributed by atoms with Gasteiger partial charge in [0.1, 0.15) is 12.4 Å². The highest BCUT2D eigenvalue weighted by molar-refractivity contribution is 5.94. The second kappa shape index (κ2) is 5.60. The maximum absolute atomic E-state index is 12.1. The third-order valence-electron chi connectivity index (χ3n) is 3.82. The van der Waals surface area contributed by atoms with Crippen LogP contribution in [0.5, 0.6) is 5.75 Å². The van der Waals surface area contributed by atoms with Crippen molar-refractivity contribution in [3.63, 3.8) is 0 Å². The van der Waals surface area contributed by atoms with E-state index in [9.17, 15) is 4.79 Å². The lowest BCUT2D eigenvalue weighted by Gasteiger charge is -2.36. The van der Waals surface area contributed by atoms with Gasteiger partial charge in [-0.15, -0.1) is 0 Å². The molecule has 3 nitrogen and oxygen atoms in total. The minimum atomic E-state index is 0.0409. The van der Waals surface area contributed by atoms with Crippen LogP contribution >= 0.6 is 0 Å². The molecule has 0 fully saturated rings. The number of carbonyl (C=O) groups excluding carboxylic acids is 1. The molecule has 0 saturated heterocycles. The molecule has 0 spiro atoms. The minimum absolute atomic E-state index is 0.0409. The number of aryl methyl sites for hydroxylation is 1. The summed E-state index contributed by atoms with van der Waals surface area (Å²) in [5, 5.41) is 0. The average molecular weight is 281 g/mol. The number of amides is 1. The fourth-order valence-electron chi connectivity index (χ4n) is 2.86. The first-order valence-electron chi connectivity index (χ1n) is 7.22. The van der Waals surface area contributed by atoms with Crippen molar-refractivity contribution in [3.8, 4) is 5.75 Å². The number of benzene rings is 2. The van der Waals surface area contributed by atoms with Crippen LogP contribution < -0.4 is 9.64 Å². The maximum Gasteiger partial charge on any atom is 0.224 e. The van der Waals surface area contributed by atoms with Gasteiger partial charge in [0.15, 0.2) is 0 Å². The molecule has 2 aromatic carbocycles. The zero-order valence-electron chi connectivity index (χ0n) is 12.4. The van der Waals surface area contributed by atoms with Crippen molar-refractivity contribution in [3.05, 3.63) is 59.7 Å². The summed E-state index contributed by atoms with van der Waals surface area (Å²) in [6.45, 7) is 4.18. The van der Waals surface area contributed by atoms with Gasteiger partial charge in [-0.25, -0.2) is 0 Å². The molecule has 0 unspecified atom stereocenters. The predicted octanol–water partition coefficient (Wildman–Crippen LogP) is 3.35. The van der Waals surface area contributed by atoms with E-state index in [1.807, 2.05) is 48.2 Å². The topological polar surface area (TPSA) is 29.5 Å². The lowest BCUT2D eigenvalue weighted by Crippen LogP contribution is -2.47. The van der Waals surface area contributed by atoms with Gasteiger partial charge in [-0.1, -0.05) is 36.4 Å². The first-order chi connectivity index (χ1) is 10.1. The van der Waals surface area contributed by atoms with Crippen LogP contribution in [0.25, 0.3) is 0 Å². The summed E-state index contributed by atoms with van der Waals surface area (Å²) in [5.41, 5.74) is 3.23. The normalized spacial score (nSPS) is 17.0. The molecule has 0 bridgehead atoms. The summed E-state index contributed by atoms with van der Waals surface area (Å²) < 4.78 is 5.85. The summed E-state index contributed by atoms with van der Waals surface area (Å²) >= 11 is 0. The van der Waals surface area contributed by atoms with Crippen LogP contribution in [0.1, 0.15) is 18.1 Å². The zero-order chi connectivity index (χ0) is 14.8. The van der Waals surface area contributed by atoms with E-state index in [0.29, 0.717) is 6.61 Å². The van der Waals surface area contributed by atoms with Gasteiger partial charge in [0, 0.05) is 6.92 Å². The van der Waals surface area contributed by atoms with Crippen LogP contribution in [0.4, 0.5) is 5.69 Å². The van der Waals surface area contributed by atoms with E-state index >= 15 is 0 Å². The average Bonchev–Trinajstić information content (AvgIpc) is 2.47. The molecule has 0 saturated carbocycles. The molecule has 1 aliphatic heterocycles. The van der Waals surface area contributed by atoms with E-state index < -0.39 is 0 Å². The Balaban J connectivity index is 1.94. The van der Waals surface area contributed by atoms with Crippen LogP contribution in [0.15, 0.2) is 48.5 Å². The fourth-order valence-corrected chi connectivity index (χ4v) is 2.86. The summed E-state index contributed by atoms with van der Waals surface area (Å²) in [7, 11) is 0. The highest BCUT2D eigenvalue weighted by Gasteiger charge is 2.30. The van der Waals surface area contributed by atoms with E-state index in [2.05, 4.69) is 12.1 Å². The van der Waals surface area contributed by atoms with Crippen molar-refractivity contribution in [2.45, 2.75) is 26.3 Å². The van der Waals surface area contributed by atoms with Gasteiger partial charge < -0.3 is 9.64 Å². The Morgan fingerprint density at radius 1 is 1.24 bits per heavy atom. The Morgan fingerprint density at radius 2 is 2.00 bits per heavy atom. The third-order valence-corrected chi connectivity index (χ3v) is 3.82. The number of hydrogen-bond donors (Lipinski definition) is 0. The SMILES string of the molecule is CC(=O)N1c2cc(C)ccc2OC[C@@H]1Cc1ccccc1. The molecular weight excluding hydrogens is 262 g/mol. The number of anilines is 1. The Hall–Kier alpha value is -2.29. The van der Waals surface area contributed by atoms with Gasteiger partial charge in [0.2, 0.25) is 5.91 Å². The quantitative estimate of drug-likeness (QED) is 0.845. The molecule has 3 rings (SSSR count). The molecule has 1 heterocycles. The minimum Gasteiger partial charge on any atom is -0.489 e. The van der Waals surface area contributed by atoms with Crippen LogP contribution in [0.3, 0.4) is 0 Å². The second-order valence-electron chi connectivity index (χ2n) is 5.51. The van der Waals surface area contributed by atoms with E-state index in [0.717, 1.165) is 23.4 Å². The number of ether oxygens (including phenoxy) is 1. The maximum atomic E-state index is 12.1. The fraction of sp³-hybridized carbons (Fsp3) is 0.278. The molecule has 1 atom stereocenters. The third kappa shape index (κ3) is 2.77. The van der Waals surface area contributed by atoms with Crippen LogP contribution in [-0.4, -0.2) is 18.6 Å². The molecular formula is C18H19NO2. The number of fused-ring (bicyclic) bond motifs is 1. The molecule has 108 valence electrons. The van der Waals surface area contributed by atoms with Crippen molar-refractivity contribution in [2.75, 3.05) is 11.5 Å². The molecule has 0 aliphatic carbocycles. The van der Waals surface area contributed by atoms with E-state index in [4.69, 9.17) is 4.74 Å². The lowest BCUT2D eigenvalue weighted by molar-refractivity contribution is -0.117. The number of nitrogens with zero attached hydrogens (tertiary/aromatic N) is 1. The van der Waals surface area contributed by atoms with E-state index in [1.165, 1.54) is 5.56 Å². The van der Waals surface area contributed by atoms with E-state index in [1.54, 1.807) is 6.92 Å². The van der Waals surface area contributed by atoms with Crippen LogP contribution in [0.2, 0.25) is 0 Å². The Morgan fingerprint density at radius 3 is 2.71 bits per heavy atom. The smallest absolute Gasteiger partial charge is 0.224 e. The van der Waals surface area contributed by atoms with Crippen molar-refractivity contribution >= 4 is 11.6 Å². The Kier molecular flexibility index (Phi) is 3.65. The summed E-state index contributed by atoms with van der Waals surface area (Å²) in [6, 6.07) is 16.2. The van der Waals surface area contributed by atoms with Gasteiger partial charge in [0.05, 0.1) is 11.7 Å². The summed E-state index contributed by atoms with van der Waals surface area (Å²) in [4.78, 5) is 14.0. The molecule has 0 radical (unpaired) electrons. The summed E-state index contributed by atoms with van der Waals surface area (Å²) in [6.07, 6.45) is 0.799. The van der Waals surface area contributed by atoms with Gasteiger partial charge in [-0.05, 0) is 36.6 Å². The van der Waals surface area contributed by atoms with Gasteiger partial charge in [-0.2, -0.15) is 0 Å². The van der Waals surface area contributed by atoms with Crippen molar-refractivity contribution in [1.29, 1.82) is 0 Å². The van der Waals surface area contributed by atoms with Gasteiger partial charge in [-0.3, -0.25) is 4.79 Å². The molecule has 21 heavy (non-hydrogen) atoms. The molecule has 0 aromatic heterocycles. The van der Waals surface area contributed by atoms with Crippen molar-refractivity contribution in [1.82, 2.24) is 0 Å². The highest BCUT2D eigenvalue weighted by atomic mass is 16.5. The highest BCUT2D eigenvalue weighted by Crippen LogP contribution is 2.35. The van der Waals surface area contributed by atoms with Gasteiger partial charge >= 0.3 is 0 Å². The molecule has 1 amide bonds. The predicted molar refractivity (Wildman–Crippen MR) is 83.8 cm³/mol. The number of rotatable bonds is 2. The van der Waals surface area contributed by atoms with Crippen LogP contribution in [0, 0.1) is 6.92 Å². The first-order valence-corrected chi connectivity index (χ1v) is 7.22. The van der Waals surface area contributed by atoms with Crippen molar-refractivity contribution < 1.29 is 9.53 Å². The monoisotopic (exact) mass is 281 g/mol. The largest absolute Gasteiger partial charge is 0.489 e. The number of carbonyl (C=O) groups is 1.